The van der Waals surface area contributed by atoms with E-state index in [0.717, 1.165) is 5.69 Å². The van der Waals surface area contributed by atoms with Gasteiger partial charge in [0.1, 0.15) is 0 Å². The van der Waals surface area contributed by atoms with Crippen molar-refractivity contribution in [2.45, 2.75) is 13.3 Å². The molecule has 0 unspecified atom stereocenters. The summed E-state index contributed by atoms with van der Waals surface area (Å²) in [6.07, 6.45) is 0.288. The van der Waals surface area contributed by atoms with Gasteiger partial charge in [0, 0.05) is 17.3 Å². The van der Waals surface area contributed by atoms with E-state index < -0.39 is 0 Å². The normalized spacial score (nSPS) is 9.67. The summed E-state index contributed by atoms with van der Waals surface area (Å²) < 4.78 is 4.80. The van der Waals surface area contributed by atoms with Gasteiger partial charge in [0.2, 0.25) is 0 Å². The first kappa shape index (κ1) is 14.7. The Bertz CT molecular complexity index is 409. The van der Waals surface area contributed by atoms with Crippen molar-refractivity contribution in [3.63, 3.8) is 0 Å². The molecule has 0 saturated heterocycles. The van der Waals surface area contributed by atoms with Gasteiger partial charge < -0.3 is 15.4 Å². The second kappa shape index (κ2) is 7.89. The van der Waals surface area contributed by atoms with E-state index in [-0.39, 0.29) is 12.4 Å². The molecule has 6 heteroatoms. The van der Waals surface area contributed by atoms with Gasteiger partial charge in [0.05, 0.1) is 13.0 Å². The zero-order valence-corrected chi connectivity index (χ0v) is 11.6. The number of ether oxygens (including phenoxy) is 1. The van der Waals surface area contributed by atoms with Crippen molar-refractivity contribution in [3.8, 4) is 0 Å². The van der Waals surface area contributed by atoms with Crippen molar-refractivity contribution in [1.29, 1.82) is 0 Å². The number of halogens is 1. The van der Waals surface area contributed by atoms with E-state index in [0.29, 0.717) is 23.3 Å². The molecule has 0 aliphatic heterocycles. The summed E-state index contributed by atoms with van der Waals surface area (Å²) in [5.74, 6) is -0.237. The van der Waals surface area contributed by atoms with Crippen LogP contribution >= 0.6 is 23.8 Å². The monoisotopic (exact) mass is 286 g/mol. The minimum atomic E-state index is -0.237. The van der Waals surface area contributed by atoms with Gasteiger partial charge in [-0.1, -0.05) is 11.6 Å². The number of thiocarbonyl (C=S) groups is 1. The summed E-state index contributed by atoms with van der Waals surface area (Å²) in [6.45, 7) is 2.61. The SMILES string of the molecule is CCOC(=O)CCNC(=S)Nc1ccc(Cl)cc1. The molecule has 0 atom stereocenters. The molecule has 98 valence electrons. The second-order valence-electron chi connectivity index (χ2n) is 3.44. The summed E-state index contributed by atoms with van der Waals surface area (Å²) in [5, 5.41) is 7.03. The summed E-state index contributed by atoms with van der Waals surface area (Å²) >= 11 is 10.8. The van der Waals surface area contributed by atoms with Crippen LogP contribution in [-0.2, 0) is 9.53 Å². The van der Waals surface area contributed by atoms with Crippen LogP contribution in [0.1, 0.15) is 13.3 Å². The van der Waals surface area contributed by atoms with Gasteiger partial charge in [-0.15, -0.1) is 0 Å². The predicted molar refractivity (Wildman–Crippen MR) is 76.9 cm³/mol. The maximum atomic E-state index is 11.1. The van der Waals surface area contributed by atoms with Crippen LogP contribution < -0.4 is 10.6 Å². The number of nitrogens with one attached hydrogen (secondary N) is 2. The highest BCUT2D eigenvalue weighted by molar-refractivity contribution is 7.80. The van der Waals surface area contributed by atoms with Crippen molar-refractivity contribution in [2.75, 3.05) is 18.5 Å². The highest BCUT2D eigenvalue weighted by atomic mass is 35.5. The average Bonchev–Trinajstić information content (AvgIpc) is 2.32. The second-order valence-corrected chi connectivity index (χ2v) is 4.29. The Morgan fingerprint density at radius 2 is 2.06 bits per heavy atom. The number of esters is 1. The van der Waals surface area contributed by atoms with Gasteiger partial charge in [-0.25, -0.2) is 0 Å². The first-order chi connectivity index (χ1) is 8.61. The van der Waals surface area contributed by atoms with Crippen LogP contribution in [0.2, 0.25) is 5.02 Å². The molecule has 4 nitrogen and oxygen atoms in total. The molecule has 1 aromatic rings. The number of hydrogen-bond donors (Lipinski definition) is 2. The van der Waals surface area contributed by atoms with Gasteiger partial charge in [0.25, 0.3) is 0 Å². The van der Waals surface area contributed by atoms with Crippen molar-refractivity contribution >= 4 is 40.6 Å². The van der Waals surface area contributed by atoms with E-state index >= 15 is 0 Å². The summed E-state index contributed by atoms with van der Waals surface area (Å²) in [4.78, 5) is 11.1. The van der Waals surface area contributed by atoms with Gasteiger partial charge in [-0.3, -0.25) is 4.79 Å². The fourth-order valence-corrected chi connectivity index (χ4v) is 1.57. The number of rotatable bonds is 5. The van der Waals surface area contributed by atoms with Crippen molar-refractivity contribution < 1.29 is 9.53 Å². The lowest BCUT2D eigenvalue weighted by Crippen LogP contribution is -2.30. The van der Waals surface area contributed by atoms with E-state index in [1.165, 1.54) is 0 Å². The van der Waals surface area contributed by atoms with Crippen molar-refractivity contribution in [2.24, 2.45) is 0 Å². The molecule has 0 radical (unpaired) electrons. The topological polar surface area (TPSA) is 50.4 Å². The van der Waals surface area contributed by atoms with Crippen molar-refractivity contribution in [3.05, 3.63) is 29.3 Å². The van der Waals surface area contributed by atoms with Gasteiger partial charge in [-0.2, -0.15) is 0 Å². The first-order valence-electron chi connectivity index (χ1n) is 5.58. The van der Waals surface area contributed by atoms with Crippen LogP contribution in [0.25, 0.3) is 0 Å². The fourth-order valence-electron chi connectivity index (χ4n) is 1.22. The third kappa shape index (κ3) is 5.84. The Morgan fingerprint density at radius 3 is 2.67 bits per heavy atom. The van der Waals surface area contributed by atoms with Gasteiger partial charge >= 0.3 is 5.97 Å². The molecule has 0 fully saturated rings. The van der Waals surface area contributed by atoms with E-state index in [2.05, 4.69) is 10.6 Å². The quantitative estimate of drug-likeness (QED) is 0.644. The first-order valence-corrected chi connectivity index (χ1v) is 6.36. The minimum absolute atomic E-state index is 0.237. The number of anilines is 1. The highest BCUT2D eigenvalue weighted by Gasteiger charge is 2.02. The van der Waals surface area contributed by atoms with Crippen LogP contribution in [-0.4, -0.2) is 24.2 Å². The maximum Gasteiger partial charge on any atom is 0.307 e. The molecule has 0 amide bonds. The summed E-state index contributed by atoms with van der Waals surface area (Å²) in [7, 11) is 0. The zero-order valence-electron chi connectivity index (χ0n) is 10.0. The maximum absolute atomic E-state index is 11.1. The van der Waals surface area contributed by atoms with Crippen molar-refractivity contribution in [1.82, 2.24) is 5.32 Å². The van der Waals surface area contributed by atoms with E-state index in [9.17, 15) is 4.79 Å². The van der Waals surface area contributed by atoms with Gasteiger partial charge in [-0.05, 0) is 43.4 Å². The standard InChI is InChI=1S/C12H15ClN2O2S/c1-2-17-11(16)7-8-14-12(18)15-10-5-3-9(13)4-6-10/h3-6H,2,7-8H2,1H3,(H2,14,15,18). The molecule has 1 aromatic carbocycles. The smallest absolute Gasteiger partial charge is 0.307 e. The lowest BCUT2D eigenvalue weighted by Gasteiger charge is -2.10. The number of hydrogen-bond acceptors (Lipinski definition) is 3. The Hall–Kier alpha value is -1.33. The lowest BCUT2D eigenvalue weighted by molar-refractivity contribution is -0.142. The van der Waals surface area contributed by atoms with Crippen LogP contribution in [0.5, 0.6) is 0 Å². The molecule has 18 heavy (non-hydrogen) atoms. The van der Waals surface area contributed by atoms with Crippen LogP contribution in [0, 0.1) is 0 Å². The van der Waals surface area contributed by atoms with E-state index in [1.54, 1.807) is 19.1 Å². The Morgan fingerprint density at radius 1 is 1.39 bits per heavy atom. The fraction of sp³-hybridized carbons (Fsp3) is 0.333. The molecular formula is C12H15ClN2O2S. The molecule has 0 spiro atoms. The Kier molecular flexibility index (Phi) is 6.46. The Balaban J connectivity index is 2.25. The molecule has 0 aromatic heterocycles. The number of benzene rings is 1. The van der Waals surface area contributed by atoms with E-state index in [4.69, 9.17) is 28.6 Å². The number of carbonyl (C=O) groups excluding carboxylic acids is 1. The molecule has 1 rings (SSSR count). The Labute approximate surface area is 117 Å². The van der Waals surface area contributed by atoms with Crippen LogP contribution in [0.4, 0.5) is 5.69 Å². The molecule has 2 N–H and O–H groups in total. The molecule has 0 saturated carbocycles. The third-order valence-corrected chi connectivity index (χ3v) is 2.52. The average molecular weight is 287 g/mol. The largest absolute Gasteiger partial charge is 0.466 e. The summed E-state index contributed by atoms with van der Waals surface area (Å²) in [6, 6.07) is 7.18. The molecular weight excluding hydrogens is 272 g/mol. The summed E-state index contributed by atoms with van der Waals surface area (Å²) in [5.41, 5.74) is 0.841. The molecule has 0 heterocycles. The molecule has 0 aliphatic carbocycles. The lowest BCUT2D eigenvalue weighted by atomic mass is 10.3. The van der Waals surface area contributed by atoms with Crippen LogP contribution in [0.3, 0.4) is 0 Å². The number of carbonyl (C=O) groups is 1. The highest BCUT2D eigenvalue weighted by Crippen LogP contribution is 2.12. The minimum Gasteiger partial charge on any atom is -0.466 e. The third-order valence-electron chi connectivity index (χ3n) is 2.02. The van der Waals surface area contributed by atoms with Crippen LogP contribution in [0.15, 0.2) is 24.3 Å². The zero-order chi connectivity index (χ0) is 13.4. The molecule has 0 bridgehead atoms. The predicted octanol–water partition coefficient (Wildman–Crippen LogP) is 2.58. The molecule has 0 aliphatic rings. The van der Waals surface area contributed by atoms with Gasteiger partial charge in [0.15, 0.2) is 5.11 Å². The van der Waals surface area contributed by atoms with E-state index in [1.807, 2.05) is 12.1 Å².